The predicted octanol–water partition coefficient (Wildman–Crippen LogP) is 1.80. The van der Waals surface area contributed by atoms with Gasteiger partial charge in [-0.1, -0.05) is 19.1 Å². The fourth-order valence-corrected chi connectivity index (χ4v) is 3.15. The Hall–Kier alpha value is -1.22. The van der Waals surface area contributed by atoms with Gasteiger partial charge in [-0.05, 0) is 37.1 Å². The zero-order valence-electron chi connectivity index (χ0n) is 11.4. The van der Waals surface area contributed by atoms with Gasteiger partial charge in [-0.15, -0.1) is 0 Å². The Labute approximate surface area is 110 Å². The van der Waals surface area contributed by atoms with E-state index in [1.54, 1.807) is 0 Å². The molecule has 2 unspecified atom stereocenters. The highest BCUT2D eigenvalue weighted by atomic mass is 15.3. The van der Waals surface area contributed by atoms with Gasteiger partial charge in [-0.3, -0.25) is 0 Å². The maximum Gasteiger partial charge on any atom is 0.0604 e. The highest BCUT2D eigenvalue weighted by Crippen LogP contribution is 2.33. The van der Waals surface area contributed by atoms with Gasteiger partial charge in [0.2, 0.25) is 0 Å². The summed E-state index contributed by atoms with van der Waals surface area (Å²) in [5, 5.41) is 3.51. The monoisotopic (exact) mass is 245 g/mol. The molecule has 2 aliphatic rings. The largest absolute Gasteiger partial charge is 0.371 e. The van der Waals surface area contributed by atoms with E-state index >= 15 is 0 Å². The van der Waals surface area contributed by atoms with E-state index in [1.807, 2.05) is 0 Å². The lowest BCUT2D eigenvalue weighted by atomic mass is 9.97. The Balaban J connectivity index is 1.79. The van der Waals surface area contributed by atoms with Crippen molar-refractivity contribution < 1.29 is 0 Å². The van der Waals surface area contributed by atoms with E-state index in [-0.39, 0.29) is 0 Å². The summed E-state index contributed by atoms with van der Waals surface area (Å²) in [7, 11) is 2.19. The SMILES string of the molecule is CC1CNCC1CN1CCN(C)c2ccccc21. The van der Waals surface area contributed by atoms with Gasteiger partial charge >= 0.3 is 0 Å². The molecule has 98 valence electrons. The first-order valence-electron chi connectivity index (χ1n) is 7.01. The number of nitrogens with one attached hydrogen (secondary N) is 1. The fraction of sp³-hybridized carbons (Fsp3) is 0.600. The number of benzene rings is 1. The van der Waals surface area contributed by atoms with Gasteiger partial charge in [0.25, 0.3) is 0 Å². The third-order valence-corrected chi connectivity index (χ3v) is 4.47. The second-order valence-corrected chi connectivity index (χ2v) is 5.75. The fourth-order valence-electron chi connectivity index (χ4n) is 3.15. The first-order chi connectivity index (χ1) is 8.75. The summed E-state index contributed by atoms with van der Waals surface area (Å²) in [4.78, 5) is 4.94. The molecule has 1 aromatic carbocycles. The van der Waals surface area contributed by atoms with Crippen LogP contribution in [0.2, 0.25) is 0 Å². The summed E-state index contributed by atoms with van der Waals surface area (Å²) >= 11 is 0. The molecule has 0 bridgehead atoms. The molecule has 1 aromatic rings. The topological polar surface area (TPSA) is 18.5 Å². The van der Waals surface area contributed by atoms with Crippen molar-refractivity contribution in [2.45, 2.75) is 6.92 Å². The molecule has 18 heavy (non-hydrogen) atoms. The first kappa shape index (κ1) is 11.8. The molecule has 0 amide bonds. The summed E-state index contributed by atoms with van der Waals surface area (Å²) in [6, 6.07) is 8.79. The molecule has 0 saturated carbocycles. The van der Waals surface area contributed by atoms with Gasteiger partial charge in [0.05, 0.1) is 11.4 Å². The first-order valence-corrected chi connectivity index (χ1v) is 7.01. The van der Waals surface area contributed by atoms with Crippen molar-refractivity contribution in [3.05, 3.63) is 24.3 Å². The third kappa shape index (κ3) is 2.07. The molecular formula is C15H23N3. The van der Waals surface area contributed by atoms with Gasteiger partial charge in [0.15, 0.2) is 0 Å². The third-order valence-electron chi connectivity index (χ3n) is 4.47. The number of para-hydroxylation sites is 2. The smallest absolute Gasteiger partial charge is 0.0604 e. The molecule has 2 atom stereocenters. The average Bonchev–Trinajstić information content (AvgIpc) is 2.79. The summed E-state index contributed by atoms with van der Waals surface area (Å²) in [5.74, 6) is 1.60. The number of fused-ring (bicyclic) bond motifs is 1. The maximum absolute atomic E-state index is 3.51. The highest BCUT2D eigenvalue weighted by Gasteiger charge is 2.27. The summed E-state index contributed by atoms with van der Waals surface area (Å²) in [6.07, 6.45) is 0. The van der Waals surface area contributed by atoms with Crippen molar-refractivity contribution in [1.29, 1.82) is 0 Å². The minimum atomic E-state index is 0.793. The van der Waals surface area contributed by atoms with Crippen LogP contribution < -0.4 is 15.1 Å². The maximum atomic E-state index is 3.51. The average molecular weight is 245 g/mol. The molecule has 0 spiro atoms. The standard InChI is InChI=1S/C15H23N3/c1-12-9-16-10-13(12)11-18-8-7-17(2)14-5-3-4-6-15(14)18/h3-6,12-13,16H,7-11H2,1-2H3. The molecule has 1 N–H and O–H groups in total. The Morgan fingerprint density at radius 1 is 1.17 bits per heavy atom. The highest BCUT2D eigenvalue weighted by molar-refractivity contribution is 5.73. The minimum absolute atomic E-state index is 0.793. The van der Waals surface area contributed by atoms with E-state index in [9.17, 15) is 0 Å². The lowest BCUT2D eigenvalue weighted by Crippen LogP contribution is -2.42. The van der Waals surface area contributed by atoms with Gasteiger partial charge in [-0.2, -0.15) is 0 Å². The van der Waals surface area contributed by atoms with E-state index in [4.69, 9.17) is 0 Å². The molecule has 0 aliphatic carbocycles. The molecule has 2 heterocycles. The molecule has 0 radical (unpaired) electrons. The molecule has 3 nitrogen and oxygen atoms in total. The van der Waals surface area contributed by atoms with Crippen LogP contribution in [0, 0.1) is 11.8 Å². The molecular weight excluding hydrogens is 222 g/mol. The second-order valence-electron chi connectivity index (χ2n) is 5.75. The Kier molecular flexibility index (Phi) is 3.16. The Morgan fingerprint density at radius 3 is 2.67 bits per heavy atom. The van der Waals surface area contributed by atoms with Crippen LogP contribution in [-0.4, -0.2) is 39.8 Å². The van der Waals surface area contributed by atoms with Crippen molar-refractivity contribution in [2.24, 2.45) is 11.8 Å². The number of likely N-dealkylation sites (N-methyl/N-ethyl adjacent to an activating group) is 1. The van der Waals surface area contributed by atoms with Crippen molar-refractivity contribution in [2.75, 3.05) is 49.6 Å². The van der Waals surface area contributed by atoms with Crippen molar-refractivity contribution in [1.82, 2.24) is 5.32 Å². The summed E-state index contributed by atoms with van der Waals surface area (Å²) in [5.41, 5.74) is 2.78. The van der Waals surface area contributed by atoms with Crippen LogP contribution in [0.15, 0.2) is 24.3 Å². The van der Waals surface area contributed by atoms with Crippen LogP contribution >= 0.6 is 0 Å². The minimum Gasteiger partial charge on any atom is -0.371 e. The van der Waals surface area contributed by atoms with E-state index in [1.165, 1.54) is 31.0 Å². The molecule has 1 saturated heterocycles. The molecule has 0 aromatic heterocycles. The zero-order valence-corrected chi connectivity index (χ0v) is 11.4. The van der Waals surface area contributed by atoms with E-state index in [2.05, 4.69) is 53.4 Å². The zero-order chi connectivity index (χ0) is 12.5. The van der Waals surface area contributed by atoms with Crippen molar-refractivity contribution >= 4 is 11.4 Å². The Morgan fingerprint density at radius 2 is 1.94 bits per heavy atom. The van der Waals surface area contributed by atoms with Crippen LogP contribution in [0.25, 0.3) is 0 Å². The quantitative estimate of drug-likeness (QED) is 0.857. The van der Waals surface area contributed by atoms with Crippen LogP contribution in [-0.2, 0) is 0 Å². The molecule has 1 fully saturated rings. The van der Waals surface area contributed by atoms with Crippen LogP contribution in [0.3, 0.4) is 0 Å². The normalized spacial score (nSPS) is 27.4. The lowest BCUT2D eigenvalue weighted by molar-refractivity contribution is 0.445. The number of anilines is 2. The number of hydrogen-bond donors (Lipinski definition) is 1. The number of hydrogen-bond acceptors (Lipinski definition) is 3. The number of rotatable bonds is 2. The van der Waals surface area contributed by atoms with Crippen molar-refractivity contribution in [3.63, 3.8) is 0 Å². The molecule has 2 aliphatic heterocycles. The Bertz CT molecular complexity index is 418. The van der Waals surface area contributed by atoms with Gasteiger partial charge in [-0.25, -0.2) is 0 Å². The molecule has 3 rings (SSSR count). The molecule has 3 heteroatoms. The van der Waals surface area contributed by atoms with Gasteiger partial charge in [0.1, 0.15) is 0 Å². The van der Waals surface area contributed by atoms with Crippen molar-refractivity contribution in [3.8, 4) is 0 Å². The van der Waals surface area contributed by atoms with Crippen LogP contribution in [0.5, 0.6) is 0 Å². The van der Waals surface area contributed by atoms with E-state index in [0.717, 1.165) is 24.9 Å². The lowest BCUT2D eigenvalue weighted by Gasteiger charge is -2.38. The van der Waals surface area contributed by atoms with E-state index in [0.29, 0.717) is 0 Å². The van der Waals surface area contributed by atoms with Gasteiger partial charge < -0.3 is 15.1 Å². The van der Waals surface area contributed by atoms with E-state index < -0.39 is 0 Å². The second kappa shape index (κ2) is 4.81. The summed E-state index contributed by atoms with van der Waals surface area (Å²) in [6.45, 7) is 8.20. The van der Waals surface area contributed by atoms with Crippen LogP contribution in [0.1, 0.15) is 6.92 Å². The van der Waals surface area contributed by atoms with Gasteiger partial charge in [0, 0.05) is 26.7 Å². The predicted molar refractivity (Wildman–Crippen MR) is 77.4 cm³/mol. The summed E-state index contributed by atoms with van der Waals surface area (Å²) < 4.78 is 0. The van der Waals surface area contributed by atoms with Crippen LogP contribution in [0.4, 0.5) is 11.4 Å². The number of nitrogens with zero attached hydrogens (tertiary/aromatic N) is 2.